The van der Waals surface area contributed by atoms with Crippen LogP contribution in [-0.2, 0) is 11.2 Å². The smallest absolute Gasteiger partial charge is 0.231 e. The van der Waals surface area contributed by atoms with Crippen LogP contribution in [0.5, 0.6) is 17.2 Å². The highest BCUT2D eigenvalue weighted by molar-refractivity contribution is 5.94. The van der Waals surface area contributed by atoms with Crippen LogP contribution in [0.25, 0.3) is 11.3 Å². The first-order chi connectivity index (χ1) is 14.0. The molecule has 8 heteroatoms. The van der Waals surface area contributed by atoms with Gasteiger partial charge in [-0.25, -0.2) is 9.97 Å². The maximum Gasteiger partial charge on any atom is 0.231 e. The zero-order valence-corrected chi connectivity index (χ0v) is 15.8. The Bertz CT molecular complexity index is 1070. The number of nitrogens with two attached hydrogens (primary N) is 1. The van der Waals surface area contributed by atoms with E-state index >= 15 is 0 Å². The van der Waals surface area contributed by atoms with Crippen molar-refractivity contribution in [1.29, 1.82) is 0 Å². The zero-order valence-electron chi connectivity index (χ0n) is 15.8. The van der Waals surface area contributed by atoms with Crippen LogP contribution < -0.4 is 20.5 Å². The molecule has 0 saturated heterocycles. The average molecular weight is 392 g/mol. The summed E-state index contributed by atoms with van der Waals surface area (Å²) in [7, 11) is 1.60. The number of anilines is 2. The minimum Gasteiger partial charge on any atom is -0.506 e. The lowest BCUT2D eigenvalue weighted by molar-refractivity contribution is -0.121. The summed E-state index contributed by atoms with van der Waals surface area (Å²) < 4.78 is 10.9. The minimum absolute atomic E-state index is 0.0631. The van der Waals surface area contributed by atoms with Gasteiger partial charge in [0.2, 0.25) is 11.9 Å². The number of nitrogens with zero attached hydrogens (tertiary/aromatic N) is 2. The second kappa shape index (κ2) is 7.67. The van der Waals surface area contributed by atoms with E-state index in [9.17, 15) is 9.90 Å². The van der Waals surface area contributed by atoms with Gasteiger partial charge in [-0.05, 0) is 48.4 Å². The summed E-state index contributed by atoms with van der Waals surface area (Å²) in [4.78, 5) is 20.7. The molecule has 4 rings (SSSR count). The molecule has 0 saturated carbocycles. The Balaban J connectivity index is 1.48. The van der Waals surface area contributed by atoms with Crippen LogP contribution in [0.3, 0.4) is 0 Å². The number of nitrogen functional groups attached to an aromatic ring is 1. The molecule has 1 aliphatic rings. The van der Waals surface area contributed by atoms with Gasteiger partial charge in [-0.2, -0.15) is 0 Å². The number of hydrogen-bond acceptors (Lipinski definition) is 7. The highest BCUT2D eigenvalue weighted by atomic mass is 16.5. The van der Waals surface area contributed by atoms with E-state index in [4.69, 9.17) is 15.2 Å². The normalized spacial score (nSPS) is 15.1. The molecule has 0 fully saturated rings. The van der Waals surface area contributed by atoms with Gasteiger partial charge in [0.1, 0.15) is 23.9 Å². The van der Waals surface area contributed by atoms with E-state index in [0.29, 0.717) is 29.1 Å². The highest BCUT2D eigenvalue weighted by Gasteiger charge is 2.27. The van der Waals surface area contributed by atoms with E-state index in [1.54, 1.807) is 31.5 Å². The first-order valence-corrected chi connectivity index (χ1v) is 9.06. The van der Waals surface area contributed by atoms with Crippen molar-refractivity contribution in [3.8, 4) is 28.5 Å². The number of amides is 1. The van der Waals surface area contributed by atoms with Crippen molar-refractivity contribution in [2.45, 2.75) is 6.42 Å². The molecular weight excluding hydrogens is 372 g/mol. The van der Waals surface area contributed by atoms with Crippen molar-refractivity contribution in [1.82, 2.24) is 9.97 Å². The highest BCUT2D eigenvalue weighted by Crippen LogP contribution is 2.33. The Kier molecular flexibility index (Phi) is 4.90. The van der Waals surface area contributed by atoms with Crippen molar-refractivity contribution in [2.75, 3.05) is 24.8 Å². The minimum atomic E-state index is -0.379. The number of carbonyl (C=O) groups is 1. The van der Waals surface area contributed by atoms with Crippen LogP contribution >= 0.6 is 0 Å². The van der Waals surface area contributed by atoms with Gasteiger partial charge < -0.3 is 25.6 Å². The van der Waals surface area contributed by atoms with Gasteiger partial charge in [0.05, 0.1) is 24.4 Å². The molecule has 0 spiro atoms. The third-order valence-corrected chi connectivity index (χ3v) is 4.77. The summed E-state index contributed by atoms with van der Waals surface area (Å²) in [6, 6.07) is 12.1. The summed E-state index contributed by atoms with van der Waals surface area (Å²) in [5.41, 5.74) is 8.08. The third kappa shape index (κ3) is 3.91. The largest absolute Gasteiger partial charge is 0.506 e. The van der Waals surface area contributed by atoms with E-state index < -0.39 is 0 Å². The topological polar surface area (TPSA) is 120 Å². The van der Waals surface area contributed by atoms with Crippen molar-refractivity contribution >= 4 is 17.5 Å². The van der Waals surface area contributed by atoms with Gasteiger partial charge in [0, 0.05) is 11.8 Å². The molecule has 1 aromatic heterocycles. The summed E-state index contributed by atoms with van der Waals surface area (Å²) in [6.45, 7) is 0.268. The number of phenolic OH excluding ortho intramolecular Hbond substituents is 1. The van der Waals surface area contributed by atoms with Gasteiger partial charge >= 0.3 is 0 Å². The zero-order chi connectivity index (χ0) is 20.4. The lowest BCUT2D eigenvalue weighted by atomic mass is 9.95. The first kappa shape index (κ1) is 18.5. The number of benzene rings is 2. The Hall–Kier alpha value is -3.81. The number of phenols is 1. The molecule has 1 aliphatic heterocycles. The van der Waals surface area contributed by atoms with E-state index in [2.05, 4.69) is 15.3 Å². The number of aromatic hydroxyl groups is 1. The molecular formula is C21H20N4O4. The Labute approximate surface area is 167 Å². The second-order valence-corrected chi connectivity index (χ2v) is 6.71. The Morgan fingerprint density at radius 3 is 2.90 bits per heavy atom. The lowest BCUT2D eigenvalue weighted by Gasteiger charge is -2.25. The fourth-order valence-corrected chi connectivity index (χ4v) is 3.23. The SMILES string of the molecule is COc1ccc2c(c1)C[C@@H](C(=O)Nc1ccc(-c3ccnc(N)n3)cc1O)CO2. The van der Waals surface area contributed by atoms with Crippen LogP contribution in [-0.4, -0.2) is 34.7 Å². The number of methoxy groups -OCH3 is 1. The van der Waals surface area contributed by atoms with Gasteiger partial charge in [-0.15, -0.1) is 0 Å². The van der Waals surface area contributed by atoms with E-state index in [1.807, 2.05) is 18.2 Å². The van der Waals surface area contributed by atoms with Crippen molar-refractivity contribution in [3.05, 3.63) is 54.2 Å². The molecule has 2 heterocycles. The monoisotopic (exact) mass is 392 g/mol. The van der Waals surface area contributed by atoms with Crippen LogP contribution in [0, 0.1) is 5.92 Å². The summed E-state index contributed by atoms with van der Waals surface area (Å²) in [5, 5.41) is 13.1. The van der Waals surface area contributed by atoms with Crippen LogP contribution in [0.4, 0.5) is 11.6 Å². The molecule has 148 valence electrons. The van der Waals surface area contributed by atoms with Crippen LogP contribution in [0.2, 0.25) is 0 Å². The Morgan fingerprint density at radius 1 is 1.28 bits per heavy atom. The lowest BCUT2D eigenvalue weighted by Crippen LogP contribution is -2.32. The van der Waals surface area contributed by atoms with Gasteiger partial charge in [0.15, 0.2) is 0 Å². The van der Waals surface area contributed by atoms with Crippen molar-refractivity contribution in [2.24, 2.45) is 5.92 Å². The molecule has 0 aliphatic carbocycles. The molecule has 3 aromatic rings. The van der Waals surface area contributed by atoms with E-state index in [0.717, 1.165) is 11.3 Å². The number of rotatable bonds is 4. The predicted octanol–water partition coefficient (Wildman–Crippen LogP) is 2.63. The molecule has 4 N–H and O–H groups in total. The quantitative estimate of drug-likeness (QED) is 0.584. The van der Waals surface area contributed by atoms with E-state index in [-0.39, 0.29) is 30.1 Å². The molecule has 29 heavy (non-hydrogen) atoms. The van der Waals surface area contributed by atoms with Gasteiger partial charge in [0.25, 0.3) is 0 Å². The summed E-state index contributed by atoms with van der Waals surface area (Å²) in [6.07, 6.45) is 2.07. The second-order valence-electron chi connectivity index (χ2n) is 6.71. The summed E-state index contributed by atoms with van der Waals surface area (Å²) in [5.74, 6) is 0.946. The predicted molar refractivity (Wildman–Crippen MR) is 108 cm³/mol. The number of carbonyl (C=O) groups excluding carboxylic acids is 1. The van der Waals surface area contributed by atoms with Crippen LogP contribution in [0.15, 0.2) is 48.7 Å². The van der Waals surface area contributed by atoms with Crippen molar-refractivity contribution in [3.63, 3.8) is 0 Å². The molecule has 2 aromatic carbocycles. The first-order valence-electron chi connectivity index (χ1n) is 9.06. The molecule has 1 amide bonds. The standard InChI is InChI=1S/C21H20N4O4/c1-28-15-3-5-19-13(9-15)8-14(11-29-19)20(27)24-17-4-2-12(10-18(17)26)16-6-7-23-21(22)25-16/h2-7,9-10,14,26H,8,11H2,1H3,(H,24,27)(H2,22,23,25)/t14-/m1/s1. The fourth-order valence-electron chi connectivity index (χ4n) is 3.23. The number of hydrogen-bond donors (Lipinski definition) is 3. The molecule has 1 atom stereocenters. The maximum atomic E-state index is 12.7. The molecule has 0 unspecified atom stereocenters. The molecule has 0 bridgehead atoms. The average Bonchev–Trinajstić information content (AvgIpc) is 2.74. The number of aromatic nitrogens is 2. The summed E-state index contributed by atoms with van der Waals surface area (Å²) >= 11 is 0. The number of fused-ring (bicyclic) bond motifs is 1. The number of ether oxygens (including phenoxy) is 2. The molecule has 0 radical (unpaired) electrons. The van der Waals surface area contributed by atoms with Gasteiger partial charge in [-0.1, -0.05) is 6.07 Å². The Morgan fingerprint density at radius 2 is 2.14 bits per heavy atom. The van der Waals surface area contributed by atoms with Crippen LogP contribution in [0.1, 0.15) is 5.56 Å². The van der Waals surface area contributed by atoms with Crippen molar-refractivity contribution < 1.29 is 19.4 Å². The number of nitrogens with one attached hydrogen (secondary N) is 1. The van der Waals surface area contributed by atoms with E-state index in [1.165, 1.54) is 6.07 Å². The molecule has 8 nitrogen and oxygen atoms in total. The maximum absolute atomic E-state index is 12.7. The van der Waals surface area contributed by atoms with Gasteiger partial charge in [-0.3, -0.25) is 4.79 Å². The third-order valence-electron chi connectivity index (χ3n) is 4.77. The fraction of sp³-hybridized carbons (Fsp3) is 0.190.